The van der Waals surface area contributed by atoms with Crippen LogP contribution in [0, 0.1) is 0 Å². The zero-order chi connectivity index (χ0) is 14.4. The molecule has 1 aliphatic rings. The van der Waals surface area contributed by atoms with Gasteiger partial charge < -0.3 is 10.3 Å². The molecule has 0 spiro atoms. The molecular formula is C15H12BrN3OS. The van der Waals surface area contributed by atoms with Gasteiger partial charge in [-0.1, -0.05) is 17.3 Å². The summed E-state index contributed by atoms with van der Waals surface area (Å²) < 4.78 is 6.57. The summed E-state index contributed by atoms with van der Waals surface area (Å²) in [5.41, 5.74) is 7.60. The summed E-state index contributed by atoms with van der Waals surface area (Å²) in [4.78, 5) is 5.61. The first kappa shape index (κ1) is 13.0. The van der Waals surface area contributed by atoms with Crippen LogP contribution in [0.2, 0.25) is 0 Å². The van der Waals surface area contributed by atoms with Crippen LogP contribution in [-0.4, -0.2) is 10.1 Å². The van der Waals surface area contributed by atoms with Crippen molar-refractivity contribution < 1.29 is 4.52 Å². The maximum Gasteiger partial charge on any atom is 0.237 e. The van der Waals surface area contributed by atoms with E-state index in [2.05, 4.69) is 26.1 Å². The van der Waals surface area contributed by atoms with E-state index in [4.69, 9.17) is 10.3 Å². The van der Waals surface area contributed by atoms with Crippen molar-refractivity contribution in [3.05, 3.63) is 51.6 Å². The van der Waals surface area contributed by atoms with Crippen LogP contribution in [0.1, 0.15) is 24.3 Å². The van der Waals surface area contributed by atoms with Crippen molar-refractivity contribution >= 4 is 33.0 Å². The smallest absolute Gasteiger partial charge is 0.237 e. The van der Waals surface area contributed by atoms with Crippen LogP contribution < -0.4 is 5.73 Å². The Morgan fingerprint density at radius 2 is 2.00 bits per heavy atom. The number of hydrogen-bond acceptors (Lipinski definition) is 5. The van der Waals surface area contributed by atoms with E-state index >= 15 is 0 Å². The van der Waals surface area contributed by atoms with E-state index < -0.39 is 0 Å². The third-order valence-corrected chi connectivity index (χ3v) is 5.52. The highest BCUT2D eigenvalue weighted by atomic mass is 79.9. The first-order valence-corrected chi connectivity index (χ1v) is 8.29. The second-order valence-electron chi connectivity index (χ2n) is 5.26. The lowest BCUT2D eigenvalue weighted by molar-refractivity contribution is 0.360. The van der Waals surface area contributed by atoms with Gasteiger partial charge in [0.25, 0.3) is 0 Å². The third kappa shape index (κ3) is 2.18. The van der Waals surface area contributed by atoms with E-state index in [1.54, 1.807) is 11.3 Å². The number of anilines is 1. The molecule has 0 unspecified atom stereocenters. The number of nitrogens with two attached hydrogens (primary N) is 1. The SMILES string of the molecule is Nc1ccc(C2(c3nc(-c4cc(Br)cs4)no3)CC2)cc1. The monoisotopic (exact) mass is 361 g/mol. The minimum atomic E-state index is -0.118. The fourth-order valence-corrected chi connectivity index (χ4v) is 3.85. The van der Waals surface area contributed by atoms with Crippen molar-refractivity contribution in [2.45, 2.75) is 18.3 Å². The fourth-order valence-electron chi connectivity index (χ4n) is 2.50. The predicted octanol–water partition coefficient (Wildman–Crippen LogP) is 4.22. The summed E-state index contributed by atoms with van der Waals surface area (Å²) in [6.45, 7) is 0. The number of thiophene rings is 1. The lowest BCUT2D eigenvalue weighted by atomic mass is 9.96. The van der Waals surface area contributed by atoms with Gasteiger partial charge >= 0.3 is 0 Å². The summed E-state index contributed by atoms with van der Waals surface area (Å²) in [7, 11) is 0. The molecule has 0 saturated heterocycles. The summed E-state index contributed by atoms with van der Waals surface area (Å²) in [5, 5.41) is 6.14. The Morgan fingerprint density at radius 3 is 2.62 bits per heavy atom. The van der Waals surface area contributed by atoms with Crippen molar-refractivity contribution in [1.82, 2.24) is 10.1 Å². The fraction of sp³-hybridized carbons (Fsp3) is 0.200. The molecule has 0 amide bonds. The Labute approximate surface area is 134 Å². The number of hydrogen-bond donors (Lipinski definition) is 1. The Hall–Kier alpha value is -1.66. The number of nitrogens with zero attached hydrogens (tertiary/aromatic N) is 2. The Balaban J connectivity index is 1.70. The minimum absolute atomic E-state index is 0.118. The summed E-state index contributed by atoms with van der Waals surface area (Å²) in [5.74, 6) is 1.36. The van der Waals surface area contributed by atoms with Gasteiger partial charge in [0.05, 0.1) is 10.3 Å². The molecule has 2 N–H and O–H groups in total. The van der Waals surface area contributed by atoms with E-state index in [0.29, 0.717) is 11.7 Å². The van der Waals surface area contributed by atoms with Gasteiger partial charge in [-0.25, -0.2) is 0 Å². The molecule has 21 heavy (non-hydrogen) atoms. The van der Waals surface area contributed by atoms with E-state index in [-0.39, 0.29) is 5.41 Å². The quantitative estimate of drug-likeness (QED) is 0.709. The van der Waals surface area contributed by atoms with Crippen LogP contribution in [0.25, 0.3) is 10.7 Å². The zero-order valence-electron chi connectivity index (χ0n) is 11.0. The Morgan fingerprint density at radius 1 is 1.24 bits per heavy atom. The molecule has 0 atom stereocenters. The third-order valence-electron chi connectivity index (χ3n) is 3.84. The molecular weight excluding hydrogens is 350 g/mol. The molecule has 2 heterocycles. The maximum absolute atomic E-state index is 5.76. The molecule has 0 bridgehead atoms. The average Bonchev–Trinajstić information content (AvgIpc) is 2.94. The van der Waals surface area contributed by atoms with Crippen LogP contribution in [0.3, 0.4) is 0 Å². The molecule has 0 radical (unpaired) electrons. The van der Waals surface area contributed by atoms with Gasteiger partial charge in [-0.05, 0) is 52.5 Å². The molecule has 1 aliphatic carbocycles. The van der Waals surface area contributed by atoms with Crippen LogP contribution in [0.15, 0.2) is 44.7 Å². The lowest BCUT2D eigenvalue weighted by Gasteiger charge is -2.10. The Kier molecular flexibility index (Phi) is 2.90. The summed E-state index contributed by atoms with van der Waals surface area (Å²) in [6, 6.07) is 9.94. The molecule has 1 aromatic carbocycles. The van der Waals surface area contributed by atoms with E-state index in [1.807, 2.05) is 35.7 Å². The van der Waals surface area contributed by atoms with E-state index in [9.17, 15) is 0 Å². The average molecular weight is 362 g/mol. The van der Waals surface area contributed by atoms with E-state index in [0.717, 1.165) is 27.9 Å². The van der Waals surface area contributed by atoms with Gasteiger partial charge in [0.15, 0.2) is 0 Å². The van der Waals surface area contributed by atoms with Gasteiger partial charge in [0.2, 0.25) is 11.7 Å². The predicted molar refractivity (Wildman–Crippen MR) is 86.2 cm³/mol. The molecule has 106 valence electrons. The molecule has 6 heteroatoms. The normalized spacial score (nSPS) is 16.0. The number of rotatable bonds is 3. The number of halogens is 1. The number of aromatic nitrogens is 2. The number of nitrogen functional groups attached to an aromatic ring is 1. The molecule has 0 aliphatic heterocycles. The van der Waals surface area contributed by atoms with Crippen molar-refractivity contribution in [1.29, 1.82) is 0 Å². The van der Waals surface area contributed by atoms with Crippen molar-refractivity contribution in [2.24, 2.45) is 0 Å². The van der Waals surface area contributed by atoms with Crippen molar-refractivity contribution in [3.63, 3.8) is 0 Å². The van der Waals surface area contributed by atoms with Gasteiger partial charge in [-0.3, -0.25) is 0 Å². The topological polar surface area (TPSA) is 64.9 Å². The van der Waals surface area contributed by atoms with Gasteiger partial charge in [-0.15, -0.1) is 11.3 Å². The molecule has 4 rings (SSSR count). The molecule has 2 aromatic heterocycles. The van der Waals surface area contributed by atoms with Gasteiger partial charge in [0, 0.05) is 15.5 Å². The highest BCUT2D eigenvalue weighted by Crippen LogP contribution is 2.53. The standard InChI is InChI=1S/C15H12BrN3OS/c16-10-7-12(21-8-10)13-18-14(20-19-13)15(5-6-15)9-1-3-11(17)4-2-9/h1-4,7-8H,5-6,17H2. The highest BCUT2D eigenvalue weighted by molar-refractivity contribution is 9.10. The molecule has 1 fully saturated rings. The van der Waals surface area contributed by atoms with Gasteiger partial charge in [-0.2, -0.15) is 4.98 Å². The minimum Gasteiger partial charge on any atom is -0.399 e. The summed E-state index contributed by atoms with van der Waals surface area (Å²) >= 11 is 5.04. The maximum atomic E-state index is 5.76. The Bertz CT molecular complexity index is 789. The second-order valence-corrected chi connectivity index (χ2v) is 7.08. The van der Waals surface area contributed by atoms with Crippen LogP contribution in [-0.2, 0) is 5.41 Å². The second kappa shape index (κ2) is 4.68. The van der Waals surface area contributed by atoms with Crippen molar-refractivity contribution in [3.8, 4) is 10.7 Å². The highest BCUT2D eigenvalue weighted by Gasteiger charge is 2.51. The van der Waals surface area contributed by atoms with E-state index in [1.165, 1.54) is 5.56 Å². The zero-order valence-corrected chi connectivity index (χ0v) is 13.4. The van der Waals surface area contributed by atoms with Crippen molar-refractivity contribution in [2.75, 3.05) is 5.73 Å². The molecule has 4 nitrogen and oxygen atoms in total. The van der Waals surface area contributed by atoms with Crippen LogP contribution in [0.4, 0.5) is 5.69 Å². The summed E-state index contributed by atoms with van der Waals surface area (Å²) in [6.07, 6.45) is 2.07. The molecule has 1 saturated carbocycles. The first-order valence-electron chi connectivity index (χ1n) is 6.62. The van der Waals surface area contributed by atoms with Crippen LogP contribution in [0.5, 0.6) is 0 Å². The lowest BCUT2D eigenvalue weighted by Crippen LogP contribution is -2.09. The van der Waals surface area contributed by atoms with Crippen LogP contribution >= 0.6 is 27.3 Å². The molecule has 3 aromatic rings. The largest absolute Gasteiger partial charge is 0.399 e. The number of benzene rings is 1. The first-order chi connectivity index (χ1) is 10.2. The van der Waals surface area contributed by atoms with Gasteiger partial charge in [0.1, 0.15) is 0 Å².